The summed E-state index contributed by atoms with van der Waals surface area (Å²) < 4.78 is 4.85. The standard InChI is InChI=1S/C16H19NO4/c1-3-6-12(15(18)19)14-10-9-11-7-4-5-8-13(11)17(14)16(20)21-2/h4-5,7-10,12,14H,3,6H2,1-2H3,(H,18,19)/t12-,14-/m1/s1. The van der Waals surface area contributed by atoms with Gasteiger partial charge in [0.25, 0.3) is 0 Å². The molecule has 0 saturated heterocycles. The van der Waals surface area contributed by atoms with Crippen molar-refractivity contribution in [3.05, 3.63) is 35.9 Å². The van der Waals surface area contributed by atoms with Crippen molar-refractivity contribution in [3.8, 4) is 0 Å². The molecule has 1 aliphatic rings. The molecule has 1 aromatic rings. The van der Waals surface area contributed by atoms with E-state index in [2.05, 4.69) is 0 Å². The van der Waals surface area contributed by atoms with Gasteiger partial charge in [0.05, 0.1) is 24.8 Å². The van der Waals surface area contributed by atoms with Crippen molar-refractivity contribution >= 4 is 23.8 Å². The lowest BCUT2D eigenvalue weighted by Gasteiger charge is -2.35. The van der Waals surface area contributed by atoms with Gasteiger partial charge in [-0.05, 0) is 18.1 Å². The third-order valence-electron chi connectivity index (χ3n) is 3.67. The van der Waals surface area contributed by atoms with Gasteiger partial charge in [-0.25, -0.2) is 4.79 Å². The van der Waals surface area contributed by atoms with Gasteiger partial charge in [0.15, 0.2) is 0 Å². The molecule has 0 radical (unpaired) electrons. The number of rotatable bonds is 4. The quantitative estimate of drug-likeness (QED) is 0.924. The zero-order valence-corrected chi connectivity index (χ0v) is 12.2. The second-order valence-corrected chi connectivity index (χ2v) is 4.98. The maximum absolute atomic E-state index is 12.1. The molecule has 5 heteroatoms. The van der Waals surface area contributed by atoms with Gasteiger partial charge in [0, 0.05) is 0 Å². The summed E-state index contributed by atoms with van der Waals surface area (Å²) in [7, 11) is 1.30. The smallest absolute Gasteiger partial charge is 0.414 e. The second kappa shape index (κ2) is 6.43. The third kappa shape index (κ3) is 2.91. The minimum Gasteiger partial charge on any atom is -0.481 e. The number of aliphatic carboxylic acids is 1. The van der Waals surface area contributed by atoms with Crippen LogP contribution in [0.2, 0.25) is 0 Å². The number of benzene rings is 1. The number of amides is 1. The van der Waals surface area contributed by atoms with Crippen LogP contribution in [0.15, 0.2) is 30.3 Å². The Morgan fingerprint density at radius 2 is 2.10 bits per heavy atom. The first-order valence-electron chi connectivity index (χ1n) is 6.97. The van der Waals surface area contributed by atoms with E-state index in [1.807, 2.05) is 31.2 Å². The number of anilines is 1. The number of ether oxygens (including phenoxy) is 1. The molecule has 0 spiro atoms. The number of nitrogens with zero attached hydrogens (tertiary/aromatic N) is 1. The molecule has 5 nitrogen and oxygen atoms in total. The Kier molecular flexibility index (Phi) is 4.62. The average Bonchev–Trinajstić information content (AvgIpc) is 2.50. The summed E-state index contributed by atoms with van der Waals surface area (Å²) in [4.78, 5) is 25.1. The van der Waals surface area contributed by atoms with Crippen molar-refractivity contribution in [1.82, 2.24) is 0 Å². The van der Waals surface area contributed by atoms with Crippen molar-refractivity contribution in [1.29, 1.82) is 0 Å². The highest BCUT2D eigenvalue weighted by Gasteiger charge is 2.37. The number of methoxy groups -OCH3 is 1. The van der Waals surface area contributed by atoms with E-state index in [1.165, 1.54) is 12.0 Å². The molecule has 0 fully saturated rings. The molecule has 2 rings (SSSR count). The summed E-state index contributed by atoms with van der Waals surface area (Å²) in [6.45, 7) is 1.93. The fourth-order valence-corrected chi connectivity index (χ4v) is 2.68. The largest absolute Gasteiger partial charge is 0.481 e. The number of carbonyl (C=O) groups is 2. The van der Waals surface area contributed by atoms with E-state index >= 15 is 0 Å². The van der Waals surface area contributed by atoms with Gasteiger partial charge in [-0.15, -0.1) is 0 Å². The lowest BCUT2D eigenvalue weighted by atomic mass is 9.90. The fourth-order valence-electron chi connectivity index (χ4n) is 2.68. The molecule has 1 N–H and O–H groups in total. The maximum Gasteiger partial charge on any atom is 0.414 e. The Hall–Kier alpha value is -2.30. The third-order valence-corrected chi connectivity index (χ3v) is 3.67. The van der Waals surface area contributed by atoms with Gasteiger partial charge in [-0.3, -0.25) is 9.69 Å². The first-order chi connectivity index (χ1) is 10.1. The highest BCUT2D eigenvalue weighted by molar-refractivity contribution is 5.94. The van der Waals surface area contributed by atoms with Gasteiger partial charge < -0.3 is 9.84 Å². The number of carboxylic acid groups (broad SMARTS) is 1. The number of fused-ring (bicyclic) bond motifs is 1. The first-order valence-corrected chi connectivity index (χ1v) is 6.97. The van der Waals surface area contributed by atoms with Gasteiger partial charge >= 0.3 is 12.1 Å². The van der Waals surface area contributed by atoms with Gasteiger partial charge in [-0.1, -0.05) is 43.7 Å². The number of carbonyl (C=O) groups excluding carboxylic acids is 1. The fraction of sp³-hybridized carbons (Fsp3) is 0.375. The molecule has 21 heavy (non-hydrogen) atoms. The van der Waals surface area contributed by atoms with Crippen LogP contribution >= 0.6 is 0 Å². The van der Waals surface area contributed by atoms with E-state index in [9.17, 15) is 14.7 Å². The Bertz CT molecular complexity index is 567. The van der Waals surface area contributed by atoms with Crippen LogP contribution in [0.25, 0.3) is 6.08 Å². The van der Waals surface area contributed by atoms with Crippen LogP contribution in [0.4, 0.5) is 10.5 Å². The zero-order valence-electron chi connectivity index (χ0n) is 12.2. The van der Waals surface area contributed by atoms with Crippen LogP contribution < -0.4 is 4.90 Å². The molecular weight excluding hydrogens is 270 g/mol. The lowest BCUT2D eigenvalue weighted by molar-refractivity contribution is -0.142. The molecule has 1 aromatic carbocycles. The topological polar surface area (TPSA) is 66.8 Å². The molecular formula is C16H19NO4. The van der Waals surface area contributed by atoms with Crippen LogP contribution in [-0.2, 0) is 9.53 Å². The monoisotopic (exact) mass is 289 g/mol. The molecule has 1 amide bonds. The molecule has 0 bridgehead atoms. The lowest BCUT2D eigenvalue weighted by Crippen LogP contribution is -2.47. The summed E-state index contributed by atoms with van der Waals surface area (Å²) in [5.41, 5.74) is 1.55. The summed E-state index contributed by atoms with van der Waals surface area (Å²) in [5.74, 6) is -1.56. The van der Waals surface area contributed by atoms with E-state index < -0.39 is 24.0 Å². The summed E-state index contributed by atoms with van der Waals surface area (Å²) in [6.07, 6.45) is 4.33. The van der Waals surface area contributed by atoms with E-state index in [1.54, 1.807) is 12.1 Å². The summed E-state index contributed by atoms with van der Waals surface area (Å²) in [5, 5.41) is 9.46. The SMILES string of the molecule is CCC[C@@H](C(=O)O)[C@H]1C=Cc2ccccc2N1C(=O)OC. The van der Waals surface area contributed by atoms with E-state index in [4.69, 9.17) is 4.74 Å². The first kappa shape index (κ1) is 15.1. The van der Waals surface area contributed by atoms with Gasteiger partial charge in [-0.2, -0.15) is 0 Å². The van der Waals surface area contributed by atoms with Crippen LogP contribution in [0.3, 0.4) is 0 Å². The number of carboxylic acids is 1. The summed E-state index contributed by atoms with van der Waals surface area (Å²) in [6, 6.07) is 6.84. The molecule has 0 saturated carbocycles. The van der Waals surface area contributed by atoms with E-state index in [0.717, 1.165) is 12.0 Å². The predicted molar refractivity (Wildman–Crippen MR) is 80.2 cm³/mol. The van der Waals surface area contributed by atoms with Crippen LogP contribution in [0, 0.1) is 5.92 Å². The number of hydrogen-bond donors (Lipinski definition) is 1. The number of hydrogen-bond acceptors (Lipinski definition) is 3. The Morgan fingerprint density at radius 1 is 1.38 bits per heavy atom. The number of para-hydroxylation sites is 1. The molecule has 0 aliphatic carbocycles. The highest BCUT2D eigenvalue weighted by Crippen LogP contribution is 2.33. The van der Waals surface area contributed by atoms with Gasteiger partial charge in [0.2, 0.25) is 0 Å². The Morgan fingerprint density at radius 3 is 2.71 bits per heavy atom. The molecule has 1 aliphatic heterocycles. The predicted octanol–water partition coefficient (Wildman–Crippen LogP) is 3.16. The van der Waals surface area contributed by atoms with Crippen molar-refractivity contribution < 1.29 is 19.4 Å². The Balaban J connectivity index is 2.46. The molecule has 112 valence electrons. The van der Waals surface area contributed by atoms with Crippen molar-refractivity contribution in [3.63, 3.8) is 0 Å². The van der Waals surface area contributed by atoms with Crippen molar-refractivity contribution in [2.75, 3.05) is 12.0 Å². The molecule has 2 atom stereocenters. The Labute approximate surface area is 123 Å². The van der Waals surface area contributed by atoms with E-state index in [-0.39, 0.29) is 0 Å². The average molecular weight is 289 g/mol. The zero-order chi connectivity index (χ0) is 15.4. The second-order valence-electron chi connectivity index (χ2n) is 4.98. The van der Waals surface area contributed by atoms with Crippen LogP contribution in [-0.4, -0.2) is 30.3 Å². The highest BCUT2D eigenvalue weighted by atomic mass is 16.5. The summed E-state index contributed by atoms with van der Waals surface area (Å²) >= 11 is 0. The molecule has 0 aromatic heterocycles. The van der Waals surface area contributed by atoms with Crippen molar-refractivity contribution in [2.45, 2.75) is 25.8 Å². The minimum absolute atomic E-state index is 0.500. The normalized spacial score (nSPS) is 18.0. The van der Waals surface area contributed by atoms with E-state index in [0.29, 0.717) is 12.1 Å². The van der Waals surface area contributed by atoms with Crippen LogP contribution in [0.1, 0.15) is 25.3 Å². The van der Waals surface area contributed by atoms with Gasteiger partial charge in [0.1, 0.15) is 0 Å². The van der Waals surface area contributed by atoms with Crippen molar-refractivity contribution in [2.24, 2.45) is 5.92 Å². The molecule has 1 heterocycles. The minimum atomic E-state index is -0.903. The molecule has 0 unspecified atom stereocenters. The maximum atomic E-state index is 12.1. The van der Waals surface area contributed by atoms with Crippen LogP contribution in [0.5, 0.6) is 0 Å².